The number of carboxylic acids is 1. The number of nitrogens with one attached hydrogen (secondary N) is 1. The highest BCUT2D eigenvalue weighted by Crippen LogP contribution is 2.18. The molecule has 0 saturated carbocycles. The molecule has 0 unspecified atom stereocenters. The van der Waals surface area contributed by atoms with Crippen molar-refractivity contribution in [1.82, 2.24) is 4.90 Å². The fourth-order valence-electron chi connectivity index (χ4n) is 2.50. The highest BCUT2D eigenvalue weighted by Gasteiger charge is 2.17. The number of carbonyl (C=O) groups is 1. The minimum Gasteiger partial charge on any atom is -0.478 e. The minimum absolute atomic E-state index is 0.335. The number of rotatable bonds is 5. The molecule has 0 bridgehead atoms. The van der Waals surface area contributed by atoms with E-state index in [2.05, 4.69) is 17.1 Å². The molecule has 4 nitrogen and oxygen atoms in total. The van der Waals surface area contributed by atoms with Crippen LogP contribution in [0.15, 0.2) is 24.3 Å². The molecule has 1 aliphatic heterocycles. The van der Waals surface area contributed by atoms with E-state index in [0.717, 1.165) is 24.7 Å². The van der Waals surface area contributed by atoms with E-state index >= 15 is 0 Å². The van der Waals surface area contributed by atoms with Gasteiger partial charge in [-0.25, -0.2) is 4.79 Å². The van der Waals surface area contributed by atoms with Crippen molar-refractivity contribution in [3.05, 3.63) is 29.8 Å². The van der Waals surface area contributed by atoms with Crippen molar-refractivity contribution in [3.8, 4) is 0 Å². The third kappa shape index (κ3) is 3.96. The summed E-state index contributed by atoms with van der Waals surface area (Å²) in [5.41, 5.74) is 1.34. The van der Waals surface area contributed by atoms with Crippen LogP contribution in [0.3, 0.4) is 0 Å². The number of hydrogen-bond donors (Lipinski definition) is 2. The molecular formula is C15H22N2O2. The molecule has 1 aromatic rings. The number of hydrogen-bond acceptors (Lipinski definition) is 3. The number of nitrogens with zero attached hydrogens (tertiary/aromatic N) is 1. The van der Waals surface area contributed by atoms with Crippen LogP contribution in [0.5, 0.6) is 0 Å². The van der Waals surface area contributed by atoms with Gasteiger partial charge >= 0.3 is 5.97 Å². The predicted octanol–water partition coefficient (Wildman–Crippen LogP) is 2.53. The molecule has 2 N–H and O–H groups in total. The minimum atomic E-state index is -0.876. The standard InChI is InChI=1S/C15H22N2O2/c1-2-17-9-7-12(8-10-17)11-16-14-5-3-13(4-6-14)15(18)19/h3-6,12,16H,2,7-11H2,1H3,(H,18,19). The summed E-state index contributed by atoms with van der Waals surface area (Å²) in [4.78, 5) is 13.2. The molecule has 2 rings (SSSR count). The second-order valence-electron chi connectivity index (χ2n) is 5.14. The number of carboxylic acid groups (broad SMARTS) is 1. The largest absolute Gasteiger partial charge is 0.478 e. The summed E-state index contributed by atoms with van der Waals surface area (Å²) < 4.78 is 0. The Morgan fingerprint density at radius 3 is 2.47 bits per heavy atom. The van der Waals surface area contributed by atoms with Gasteiger partial charge in [0.25, 0.3) is 0 Å². The molecule has 1 aliphatic rings. The highest BCUT2D eigenvalue weighted by molar-refractivity contribution is 5.87. The summed E-state index contributed by atoms with van der Waals surface area (Å²) in [7, 11) is 0. The van der Waals surface area contributed by atoms with Crippen molar-refractivity contribution in [1.29, 1.82) is 0 Å². The van der Waals surface area contributed by atoms with Gasteiger partial charge in [0.15, 0.2) is 0 Å². The molecule has 19 heavy (non-hydrogen) atoms. The molecule has 0 aromatic heterocycles. The molecule has 0 radical (unpaired) electrons. The quantitative estimate of drug-likeness (QED) is 0.856. The maximum Gasteiger partial charge on any atom is 0.335 e. The topological polar surface area (TPSA) is 52.6 Å². The first kappa shape index (κ1) is 13.9. The predicted molar refractivity (Wildman–Crippen MR) is 76.7 cm³/mol. The molecule has 1 aromatic carbocycles. The lowest BCUT2D eigenvalue weighted by molar-refractivity contribution is 0.0697. The van der Waals surface area contributed by atoms with Crippen LogP contribution >= 0.6 is 0 Å². The molecule has 0 atom stereocenters. The highest BCUT2D eigenvalue weighted by atomic mass is 16.4. The Kier molecular flexibility index (Phi) is 4.80. The van der Waals surface area contributed by atoms with Crippen LogP contribution in [-0.2, 0) is 0 Å². The average Bonchev–Trinajstić information content (AvgIpc) is 2.46. The van der Waals surface area contributed by atoms with E-state index in [9.17, 15) is 4.79 Å². The monoisotopic (exact) mass is 262 g/mol. The summed E-state index contributed by atoms with van der Waals surface area (Å²) in [5, 5.41) is 12.2. The Morgan fingerprint density at radius 2 is 1.95 bits per heavy atom. The smallest absolute Gasteiger partial charge is 0.335 e. The van der Waals surface area contributed by atoms with E-state index in [-0.39, 0.29) is 0 Å². The van der Waals surface area contributed by atoms with Gasteiger partial charge in [0.05, 0.1) is 5.56 Å². The first-order valence-corrected chi connectivity index (χ1v) is 6.98. The number of piperidine rings is 1. The summed E-state index contributed by atoms with van der Waals surface area (Å²) in [6.07, 6.45) is 2.49. The maximum absolute atomic E-state index is 10.8. The van der Waals surface area contributed by atoms with Gasteiger partial charge in [-0.3, -0.25) is 0 Å². The van der Waals surface area contributed by atoms with Gasteiger partial charge < -0.3 is 15.3 Å². The number of likely N-dealkylation sites (tertiary alicyclic amines) is 1. The molecule has 0 amide bonds. The van der Waals surface area contributed by atoms with Crippen molar-refractivity contribution in [2.75, 3.05) is 31.5 Å². The van der Waals surface area contributed by atoms with Crippen molar-refractivity contribution in [2.45, 2.75) is 19.8 Å². The van der Waals surface area contributed by atoms with Crippen molar-refractivity contribution in [3.63, 3.8) is 0 Å². The first-order valence-electron chi connectivity index (χ1n) is 6.98. The molecule has 0 spiro atoms. The maximum atomic E-state index is 10.8. The molecular weight excluding hydrogens is 240 g/mol. The van der Waals surface area contributed by atoms with Gasteiger partial charge in [-0.2, -0.15) is 0 Å². The second-order valence-corrected chi connectivity index (χ2v) is 5.14. The summed E-state index contributed by atoms with van der Waals surface area (Å²) in [6.45, 7) is 6.73. The Labute approximate surface area is 114 Å². The Balaban J connectivity index is 1.78. The van der Waals surface area contributed by atoms with Gasteiger partial charge in [0, 0.05) is 12.2 Å². The molecule has 104 valence electrons. The van der Waals surface area contributed by atoms with Crippen LogP contribution in [0.25, 0.3) is 0 Å². The Morgan fingerprint density at radius 1 is 1.32 bits per heavy atom. The van der Waals surface area contributed by atoms with E-state index in [4.69, 9.17) is 5.11 Å². The van der Waals surface area contributed by atoms with Gasteiger partial charge in [-0.15, -0.1) is 0 Å². The third-order valence-corrected chi connectivity index (χ3v) is 3.88. The zero-order valence-electron chi connectivity index (χ0n) is 11.4. The molecule has 0 aliphatic carbocycles. The van der Waals surface area contributed by atoms with Crippen molar-refractivity contribution >= 4 is 11.7 Å². The Bertz CT molecular complexity index is 409. The van der Waals surface area contributed by atoms with Crippen molar-refractivity contribution < 1.29 is 9.90 Å². The summed E-state index contributed by atoms with van der Waals surface area (Å²) in [5.74, 6) is -0.152. The van der Waals surface area contributed by atoms with Gasteiger partial charge in [-0.05, 0) is 62.7 Å². The third-order valence-electron chi connectivity index (χ3n) is 3.88. The zero-order valence-corrected chi connectivity index (χ0v) is 11.4. The SMILES string of the molecule is CCN1CCC(CNc2ccc(C(=O)O)cc2)CC1. The van der Waals surface area contributed by atoms with Gasteiger partial charge in [-0.1, -0.05) is 6.92 Å². The molecule has 1 saturated heterocycles. The average molecular weight is 262 g/mol. The van der Waals surface area contributed by atoms with Gasteiger partial charge in [0.2, 0.25) is 0 Å². The number of aromatic carboxylic acids is 1. The fraction of sp³-hybridized carbons (Fsp3) is 0.533. The molecule has 1 fully saturated rings. The van der Waals surface area contributed by atoms with E-state index in [1.165, 1.54) is 25.9 Å². The Hall–Kier alpha value is -1.55. The van der Waals surface area contributed by atoms with E-state index in [1.807, 2.05) is 12.1 Å². The molecule has 4 heteroatoms. The summed E-state index contributed by atoms with van der Waals surface area (Å²) in [6, 6.07) is 6.96. The second kappa shape index (κ2) is 6.57. The van der Waals surface area contributed by atoms with E-state index < -0.39 is 5.97 Å². The normalized spacial score (nSPS) is 17.3. The zero-order chi connectivity index (χ0) is 13.7. The van der Waals surface area contributed by atoms with Crippen LogP contribution in [0.1, 0.15) is 30.1 Å². The number of benzene rings is 1. The number of anilines is 1. The molecule has 1 heterocycles. The van der Waals surface area contributed by atoms with E-state index in [0.29, 0.717) is 5.56 Å². The lowest BCUT2D eigenvalue weighted by Gasteiger charge is -2.31. The first-order chi connectivity index (χ1) is 9.19. The van der Waals surface area contributed by atoms with Crippen LogP contribution in [0, 0.1) is 5.92 Å². The lowest BCUT2D eigenvalue weighted by atomic mass is 9.97. The lowest BCUT2D eigenvalue weighted by Crippen LogP contribution is -2.35. The van der Waals surface area contributed by atoms with Crippen LogP contribution in [-0.4, -0.2) is 42.2 Å². The van der Waals surface area contributed by atoms with Crippen molar-refractivity contribution in [2.24, 2.45) is 5.92 Å². The van der Waals surface area contributed by atoms with Crippen LogP contribution in [0.2, 0.25) is 0 Å². The fourth-order valence-corrected chi connectivity index (χ4v) is 2.50. The van der Waals surface area contributed by atoms with Crippen LogP contribution < -0.4 is 5.32 Å². The van der Waals surface area contributed by atoms with Gasteiger partial charge in [0.1, 0.15) is 0 Å². The summed E-state index contributed by atoms with van der Waals surface area (Å²) >= 11 is 0. The van der Waals surface area contributed by atoms with Crippen LogP contribution in [0.4, 0.5) is 5.69 Å². The van der Waals surface area contributed by atoms with E-state index in [1.54, 1.807) is 12.1 Å².